The van der Waals surface area contributed by atoms with Crippen LogP contribution >= 0.6 is 0 Å². The quantitative estimate of drug-likeness (QED) is 0.575. The number of benzene rings is 1. The van der Waals surface area contributed by atoms with Crippen molar-refractivity contribution in [3.8, 4) is 0 Å². The molecule has 1 aromatic rings. The van der Waals surface area contributed by atoms with Crippen LogP contribution in [0.4, 0.5) is 43.9 Å². The van der Waals surface area contributed by atoms with E-state index in [-0.39, 0.29) is 6.07 Å². The first-order valence-electron chi connectivity index (χ1n) is 5.97. The van der Waals surface area contributed by atoms with Gasteiger partial charge in [0.1, 0.15) is 11.6 Å². The standard InChI is InChI=1S/C13H4F10/c1-3-2-4(14)5-6(7(3)15)11(19)9(17)8(16)10(5,18)12(20,21)13(11,22)23/h2H,1H3. The zero-order valence-corrected chi connectivity index (χ0v) is 10.9. The lowest BCUT2D eigenvalue weighted by atomic mass is 9.61. The molecule has 2 unspecified atom stereocenters. The number of rotatable bonds is 0. The number of hydrogen-bond acceptors (Lipinski definition) is 0. The van der Waals surface area contributed by atoms with Gasteiger partial charge in [-0.2, -0.15) is 17.6 Å². The molecule has 0 nitrogen and oxygen atoms in total. The van der Waals surface area contributed by atoms with Crippen molar-refractivity contribution in [2.45, 2.75) is 30.1 Å². The second-order valence-corrected chi connectivity index (χ2v) is 5.33. The van der Waals surface area contributed by atoms with Crippen LogP contribution in [0.2, 0.25) is 0 Å². The van der Waals surface area contributed by atoms with E-state index in [4.69, 9.17) is 0 Å². The Morgan fingerprint density at radius 3 is 1.52 bits per heavy atom. The molecule has 3 aliphatic rings. The van der Waals surface area contributed by atoms with Crippen molar-refractivity contribution in [3.05, 3.63) is 46.0 Å². The van der Waals surface area contributed by atoms with Crippen molar-refractivity contribution in [3.63, 3.8) is 0 Å². The van der Waals surface area contributed by atoms with Gasteiger partial charge >= 0.3 is 11.8 Å². The van der Waals surface area contributed by atoms with Crippen LogP contribution in [-0.2, 0) is 11.3 Å². The molecule has 2 atom stereocenters. The second-order valence-electron chi connectivity index (χ2n) is 5.33. The van der Waals surface area contributed by atoms with E-state index in [0.29, 0.717) is 0 Å². The molecular weight excluding hydrogens is 346 g/mol. The van der Waals surface area contributed by atoms with Crippen LogP contribution in [0.5, 0.6) is 0 Å². The first kappa shape index (κ1) is 16.1. The van der Waals surface area contributed by atoms with Gasteiger partial charge in [0.2, 0.25) is 0 Å². The van der Waals surface area contributed by atoms with E-state index in [1.165, 1.54) is 0 Å². The van der Waals surface area contributed by atoms with E-state index in [1.54, 1.807) is 0 Å². The van der Waals surface area contributed by atoms with Crippen molar-refractivity contribution in [1.82, 2.24) is 0 Å². The molecule has 0 N–H and O–H groups in total. The Kier molecular flexibility index (Phi) is 2.69. The van der Waals surface area contributed by atoms with E-state index >= 15 is 0 Å². The summed E-state index contributed by atoms with van der Waals surface area (Å²) in [5.41, 5.74) is -16.2. The number of allylic oxidation sites excluding steroid dienone is 2. The maximum Gasteiger partial charge on any atom is 0.358 e. The van der Waals surface area contributed by atoms with Crippen LogP contribution in [0.1, 0.15) is 16.7 Å². The Bertz CT molecular complexity index is 779. The Hall–Kier alpha value is -1.74. The number of fused-ring (bicyclic) bond motifs is 1. The van der Waals surface area contributed by atoms with Gasteiger partial charge in [-0.1, -0.05) is 0 Å². The highest BCUT2D eigenvalue weighted by Crippen LogP contribution is 2.73. The van der Waals surface area contributed by atoms with Crippen LogP contribution in [0.15, 0.2) is 17.7 Å². The van der Waals surface area contributed by atoms with Gasteiger partial charge in [0.05, 0.1) is 0 Å². The van der Waals surface area contributed by atoms with Crippen LogP contribution in [0.25, 0.3) is 0 Å². The van der Waals surface area contributed by atoms with Crippen molar-refractivity contribution < 1.29 is 43.9 Å². The molecule has 0 aliphatic heterocycles. The predicted molar refractivity (Wildman–Crippen MR) is 55.8 cm³/mol. The largest absolute Gasteiger partial charge is 0.358 e. The minimum absolute atomic E-state index is 0.0962. The van der Waals surface area contributed by atoms with E-state index in [0.717, 1.165) is 6.92 Å². The van der Waals surface area contributed by atoms with Gasteiger partial charge in [-0.15, -0.1) is 0 Å². The van der Waals surface area contributed by atoms with Crippen molar-refractivity contribution in [2.75, 3.05) is 0 Å². The average molecular weight is 350 g/mol. The first-order chi connectivity index (χ1) is 10.3. The fourth-order valence-corrected chi connectivity index (χ4v) is 2.96. The molecule has 1 aromatic carbocycles. The topological polar surface area (TPSA) is 0 Å². The summed E-state index contributed by atoms with van der Waals surface area (Å²) >= 11 is 0. The third kappa shape index (κ3) is 1.26. The summed E-state index contributed by atoms with van der Waals surface area (Å²) in [7, 11) is 0. The van der Waals surface area contributed by atoms with E-state index in [2.05, 4.69) is 0 Å². The lowest BCUT2D eigenvalue weighted by Gasteiger charge is -2.52. The first-order valence-corrected chi connectivity index (χ1v) is 5.97. The molecule has 10 heteroatoms. The van der Waals surface area contributed by atoms with Gasteiger partial charge in [-0.25, -0.2) is 26.3 Å². The smallest absolute Gasteiger partial charge is 0.223 e. The number of alkyl halides is 6. The van der Waals surface area contributed by atoms with E-state index in [9.17, 15) is 43.9 Å². The highest BCUT2D eigenvalue weighted by molar-refractivity contribution is 5.60. The third-order valence-corrected chi connectivity index (χ3v) is 4.14. The maximum absolute atomic E-state index is 14.6. The van der Waals surface area contributed by atoms with Crippen molar-refractivity contribution in [1.29, 1.82) is 0 Å². The van der Waals surface area contributed by atoms with Crippen LogP contribution in [-0.4, -0.2) is 11.8 Å². The Morgan fingerprint density at radius 2 is 1.09 bits per heavy atom. The molecule has 0 aromatic heterocycles. The lowest BCUT2D eigenvalue weighted by Crippen LogP contribution is -2.71. The Labute approximate surface area is 121 Å². The molecule has 0 saturated carbocycles. The molecular formula is C13H4F10. The van der Waals surface area contributed by atoms with Gasteiger partial charge in [-0.3, -0.25) is 0 Å². The Balaban J connectivity index is 2.65. The van der Waals surface area contributed by atoms with Gasteiger partial charge in [0.25, 0.3) is 11.3 Å². The molecule has 2 bridgehead atoms. The molecule has 0 heterocycles. The molecule has 0 saturated heterocycles. The van der Waals surface area contributed by atoms with E-state index in [1.807, 2.05) is 0 Å². The lowest BCUT2D eigenvalue weighted by molar-refractivity contribution is -0.337. The third-order valence-electron chi connectivity index (χ3n) is 4.14. The van der Waals surface area contributed by atoms with Gasteiger partial charge in [0.15, 0.2) is 11.7 Å². The number of aryl methyl sites for hydroxylation is 1. The van der Waals surface area contributed by atoms with Crippen LogP contribution in [0, 0.1) is 18.6 Å². The molecule has 23 heavy (non-hydrogen) atoms. The summed E-state index contributed by atoms with van der Waals surface area (Å²) in [4.78, 5) is 0. The zero-order valence-electron chi connectivity index (χ0n) is 10.9. The van der Waals surface area contributed by atoms with Crippen LogP contribution in [0.3, 0.4) is 0 Å². The van der Waals surface area contributed by atoms with Crippen molar-refractivity contribution in [2.24, 2.45) is 0 Å². The Morgan fingerprint density at radius 1 is 0.696 bits per heavy atom. The molecule has 0 spiro atoms. The van der Waals surface area contributed by atoms with Gasteiger partial charge in [0, 0.05) is 11.1 Å². The number of halogens is 10. The average Bonchev–Trinajstić information content (AvgIpc) is 2.44. The monoisotopic (exact) mass is 350 g/mol. The summed E-state index contributed by atoms with van der Waals surface area (Å²) in [5.74, 6) is -23.0. The number of hydrogen-bond donors (Lipinski definition) is 0. The fraction of sp³-hybridized carbons (Fsp3) is 0.385. The molecule has 0 amide bonds. The summed E-state index contributed by atoms with van der Waals surface area (Å²) in [6.07, 6.45) is 0. The summed E-state index contributed by atoms with van der Waals surface area (Å²) < 4.78 is 139. The highest BCUT2D eigenvalue weighted by Gasteiger charge is 2.90. The molecule has 126 valence electrons. The van der Waals surface area contributed by atoms with Crippen molar-refractivity contribution >= 4 is 0 Å². The molecule has 0 radical (unpaired) electrons. The molecule has 4 rings (SSSR count). The summed E-state index contributed by atoms with van der Waals surface area (Å²) in [6, 6.07) is 0.0962. The summed E-state index contributed by atoms with van der Waals surface area (Å²) in [5, 5.41) is 0. The maximum atomic E-state index is 14.6. The SMILES string of the molecule is Cc1cc(F)c2c(c1F)C1(F)C(F)=C(F)C2(F)C(F)(F)C1(F)F. The van der Waals surface area contributed by atoms with Gasteiger partial charge < -0.3 is 0 Å². The minimum atomic E-state index is -6.19. The molecule has 0 fully saturated rings. The fourth-order valence-electron chi connectivity index (χ4n) is 2.96. The van der Waals surface area contributed by atoms with Crippen LogP contribution < -0.4 is 0 Å². The predicted octanol–water partition coefficient (Wildman–Crippen LogP) is 5.05. The zero-order chi connectivity index (χ0) is 17.7. The van der Waals surface area contributed by atoms with E-state index < -0.39 is 63.2 Å². The molecule has 3 aliphatic carbocycles. The minimum Gasteiger partial charge on any atom is -0.223 e. The normalized spacial score (nSPS) is 33.9. The highest BCUT2D eigenvalue weighted by atomic mass is 19.3. The second kappa shape index (κ2) is 3.84. The van der Waals surface area contributed by atoms with Gasteiger partial charge in [-0.05, 0) is 18.6 Å². The summed E-state index contributed by atoms with van der Waals surface area (Å²) in [6.45, 7) is 0.726.